The lowest BCUT2D eigenvalue weighted by molar-refractivity contribution is -0.121. The van der Waals surface area contributed by atoms with Crippen molar-refractivity contribution in [2.75, 3.05) is 19.7 Å². The molecule has 0 aliphatic rings. The summed E-state index contributed by atoms with van der Waals surface area (Å²) in [7, 11) is -3.57. The van der Waals surface area contributed by atoms with E-state index >= 15 is 0 Å². The maximum Gasteiger partial charge on any atom is 0.240 e. The quantitative estimate of drug-likeness (QED) is 0.597. The Labute approximate surface area is 167 Å². The first-order valence-electron chi connectivity index (χ1n) is 9.31. The van der Waals surface area contributed by atoms with E-state index in [4.69, 9.17) is 4.74 Å². The monoisotopic (exact) mass is 404 g/mol. The van der Waals surface area contributed by atoms with Crippen molar-refractivity contribution in [2.45, 2.75) is 38.5 Å². The van der Waals surface area contributed by atoms with Crippen LogP contribution in [0.1, 0.15) is 29.5 Å². The summed E-state index contributed by atoms with van der Waals surface area (Å²) >= 11 is 0. The Bertz CT molecular complexity index is 910. The molecule has 0 radical (unpaired) electrons. The smallest absolute Gasteiger partial charge is 0.240 e. The molecule has 0 fully saturated rings. The van der Waals surface area contributed by atoms with E-state index in [0.29, 0.717) is 19.4 Å². The van der Waals surface area contributed by atoms with Crippen molar-refractivity contribution in [3.8, 4) is 5.75 Å². The summed E-state index contributed by atoms with van der Waals surface area (Å²) in [5, 5.41) is 2.72. The van der Waals surface area contributed by atoms with E-state index in [1.54, 1.807) is 18.2 Å². The third-order valence-electron chi connectivity index (χ3n) is 4.43. The maximum absolute atomic E-state index is 12.3. The molecule has 0 atom stereocenters. The number of amides is 1. The van der Waals surface area contributed by atoms with Gasteiger partial charge in [0.1, 0.15) is 5.75 Å². The highest BCUT2D eigenvalue weighted by atomic mass is 32.2. The first-order valence-corrected chi connectivity index (χ1v) is 10.8. The number of sulfonamides is 1. The molecule has 2 N–H and O–H groups in total. The Balaban J connectivity index is 1.65. The number of nitrogens with one attached hydrogen (secondary N) is 2. The van der Waals surface area contributed by atoms with E-state index in [1.165, 1.54) is 0 Å². The van der Waals surface area contributed by atoms with Gasteiger partial charge in [-0.1, -0.05) is 24.3 Å². The number of carbonyl (C=O) groups excluding carboxylic acids is 1. The van der Waals surface area contributed by atoms with Crippen molar-refractivity contribution in [3.63, 3.8) is 0 Å². The zero-order valence-corrected chi connectivity index (χ0v) is 17.4. The minimum absolute atomic E-state index is 0.126. The number of hydrogen-bond donors (Lipinski definition) is 2. The maximum atomic E-state index is 12.3. The van der Waals surface area contributed by atoms with Gasteiger partial charge in [-0.2, -0.15) is 0 Å². The van der Waals surface area contributed by atoms with Gasteiger partial charge < -0.3 is 10.1 Å². The van der Waals surface area contributed by atoms with Gasteiger partial charge in [0, 0.05) is 19.5 Å². The summed E-state index contributed by atoms with van der Waals surface area (Å²) in [5.41, 5.74) is 3.02. The Morgan fingerprint density at radius 3 is 2.43 bits per heavy atom. The molecule has 0 heterocycles. The van der Waals surface area contributed by atoms with E-state index in [-0.39, 0.29) is 23.9 Å². The molecule has 28 heavy (non-hydrogen) atoms. The Kier molecular flexibility index (Phi) is 8.02. The number of carbonyl (C=O) groups is 1. The summed E-state index contributed by atoms with van der Waals surface area (Å²) < 4.78 is 32.7. The molecule has 0 spiro atoms. The lowest BCUT2D eigenvalue weighted by Crippen LogP contribution is -2.34. The molecule has 152 valence electrons. The lowest BCUT2D eigenvalue weighted by Gasteiger charge is -2.10. The number of ether oxygens (including phenoxy) is 1. The fourth-order valence-corrected chi connectivity index (χ4v) is 3.69. The first kappa shape index (κ1) is 21.9. The lowest BCUT2D eigenvalue weighted by atomic mass is 10.1. The van der Waals surface area contributed by atoms with Crippen LogP contribution in [0.2, 0.25) is 0 Å². The Morgan fingerprint density at radius 2 is 1.71 bits per heavy atom. The zero-order chi connectivity index (χ0) is 20.6. The molecule has 2 aromatic carbocycles. The van der Waals surface area contributed by atoms with E-state index in [0.717, 1.165) is 22.4 Å². The molecule has 0 aliphatic carbocycles. The van der Waals surface area contributed by atoms with Gasteiger partial charge >= 0.3 is 0 Å². The minimum Gasteiger partial charge on any atom is -0.493 e. The molecule has 0 aliphatic heterocycles. The molecule has 2 rings (SSSR count). The normalized spacial score (nSPS) is 11.2. The van der Waals surface area contributed by atoms with Crippen LogP contribution in [-0.4, -0.2) is 34.0 Å². The molecule has 0 bridgehead atoms. The van der Waals surface area contributed by atoms with E-state index in [2.05, 4.69) is 10.0 Å². The van der Waals surface area contributed by atoms with Gasteiger partial charge in [0.15, 0.2) is 0 Å². The van der Waals surface area contributed by atoms with Crippen molar-refractivity contribution < 1.29 is 17.9 Å². The highest BCUT2D eigenvalue weighted by Crippen LogP contribution is 2.16. The molecule has 0 saturated carbocycles. The van der Waals surface area contributed by atoms with Crippen molar-refractivity contribution in [3.05, 3.63) is 59.2 Å². The molecular formula is C21H28N2O4S. The second kappa shape index (κ2) is 10.2. The minimum atomic E-state index is -3.57. The zero-order valence-electron chi connectivity index (χ0n) is 16.6. The summed E-state index contributed by atoms with van der Waals surface area (Å²) in [6, 6.07) is 12.7. The number of rotatable bonds is 10. The van der Waals surface area contributed by atoms with E-state index in [9.17, 15) is 13.2 Å². The molecule has 0 saturated heterocycles. The average molecular weight is 405 g/mol. The molecule has 1 amide bonds. The largest absolute Gasteiger partial charge is 0.493 e. The molecular weight excluding hydrogens is 376 g/mol. The number of hydrogen-bond acceptors (Lipinski definition) is 4. The van der Waals surface area contributed by atoms with Gasteiger partial charge in [0.05, 0.1) is 11.5 Å². The molecule has 6 nitrogen and oxygen atoms in total. The van der Waals surface area contributed by atoms with Crippen LogP contribution in [0.25, 0.3) is 0 Å². The molecule has 0 unspecified atom stereocenters. The predicted molar refractivity (Wildman–Crippen MR) is 110 cm³/mol. The van der Waals surface area contributed by atoms with Gasteiger partial charge in [-0.25, -0.2) is 13.1 Å². The van der Waals surface area contributed by atoms with Gasteiger partial charge in [0.2, 0.25) is 15.9 Å². The van der Waals surface area contributed by atoms with Gasteiger partial charge in [0.25, 0.3) is 0 Å². The van der Waals surface area contributed by atoms with Crippen molar-refractivity contribution in [1.82, 2.24) is 10.0 Å². The highest BCUT2D eigenvalue weighted by Gasteiger charge is 2.14. The SMILES string of the molecule is Cc1ccc(S(=O)(=O)NCCNC(=O)CCCOc2ccccc2C)cc1C. The summed E-state index contributed by atoms with van der Waals surface area (Å²) in [6.45, 7) is 6.61. The van der Waals surface area contributed by atoms with Gasteiger partial charge in [-0.15, -0.1) is 0 Å². The van der Waals surface area contributed by atoms with Crippen LogP contribution in [0.4, 0.5) is 0 Å². The van der Waals surface area contributed by atoms with Gasteiger partial charge in [-0.3, -0.25) is 4.79 Å². The number of benzene rings is 2. The Morgan fingerprint density at radius 1 is 0.964 bits per heavy atom. The molecule has 0 aromatic heterocycles. The summed E-state index contributed by atoms with van der Waals surface area (Å²) in [4.78, 5) is 12.1. The summed E-state index contributed by atoms with van der Waals surface area (Å²) in [5.74, 6) is 0.697. The second-order valence-electron chi connectivity index (χ2n) is 6.71. The van der Waals surface area contributed by atoms with Crippen LogP contribution in [-0.2, 0) is 14.8 Å². The van der Waals surface area contributed by atoms with Crippen LogP contribution < -0.4 is 14.8 Å². The predicted octanol–water partition coefficient (Wildman–Crippen LogP) is 2.87. The van der Waals surface area contributed by atoms with Crippen LogP contribution in [0.5, 0.6) is 5.75 Å². The van der Waals surface area contributed by atoms with Crippen LogP contribution in [0.15, 0.2) is 47.4 Å². The Hall–Kier alpha value is -2.38. The fraction of sp³-hybridized carbons (Fsp3) is 0.381. The number of aryl methyl sites for hydroxylation is 3. The highest BCUT2D eigenvalue weighted by molar-refractivity contribution is 7.89. The van der Waals surface area contributed by atoms with Crippen LogP contribution >= 0.6 is 0 Å². The van der Waals surface area contributed by atoms with E-state index in [1.807, 2.05) is 45.0 Å². The van der Waals surface area contributed by atoms with E-state index < -0.39 is 10.0 Å². The summed E-state index contributed by atoms with van der Waals surface area (Å²) in [6.07, 6.45) is 0.921. The van der Waals surface area contributed by atoms with Crippen molar-refractivity contribution >= 4 is 15.9 Å². The molecule has 2 aromatic rings. The number of para-hydroxylation sites is 1. The molecule has 7 heteroatoms. The van der Waals surface area contributed by atoms with Crippen LogP contribution in [0, 0.1) is 20.8 Å². The fourth-order valence-electron chi connectivity index (χ4n) is 2.57. The first-order chi connectivity index (χ1) is 13.3. The topological polar surface area (TPSA) is 84.5 Å². The second-order valence-corrected chi connectivity index (χ2v) is 8.48. The standard InChI is InChI=1S/C21H28N2O4S/c1-16-10-11-19(15-18(16)3)28(25,26)23-13-12-22-21(24)9-6-14-27-20-8-5-4-7-17(20)2/h4-5,7-8,10-11,15,23H,6,9,12-14H2,1-3H3,(H,22,24). The third kappa shape index (κ3) is 6.65. The van der Waals surface area contributed by atoms with Crippen LogP contribution in [0.3, 0.4) is 0 Å². The third-order valence-corrected chi connectivity index (χ3v) is 5.89. The van der Waals surface area contributed by atoms with Crippen molar-refractivity contribution in [1.29, 1.82) is 0 Å². The average Bonchev–Trinajstić information content (AvgIpc) is 2.66. The van der Waals surface area contributed by atoms with Gasteiger partial charge in [-0.05, 0) is 62.1 Å². The van der Waals surface area contributed by atoms with Crippen molar-refractivity contribution in [2.24, 2.45) is 0 Å².